The first-order valence-electron chi connectivity index (χ1n) is 11.8. The predicted molar refractivity (Wildman–Crippen MR) is 140 cm³/mol. The highest BCUT2D eigenvalue weighted by Gasteiger charge is 2.36. The van der Waals surface area contributed by atoms with Crippen LogP contribution in [0.3, 0.4) is 0 Å². The molecule has 2 N–H and O–H groups in total. The van der Waals surface area contributed by atoms with Crippen molar-refractivity contribution in [1.82, 2.24) is 10.6 Å². The van der Waals surface area contributed by atoms with Crippen molar-refractivity contribution >= 4 is 29.9 Å². The van der Waals surface area contributed by atoms with Crippen LogP contribution in [-0.2, 0) is 14.9 Å². The molecule has 1 aliphatic heterocycles. The topological polar surface area (TPSA) is 54.9 Å². The third-order valence-corrected chi connectivity index (χ3v) is 7.26. The Hall–Kier alpha value is -0.860. The zero-order valence-corrected chi connectivity index (χ0v) is 22.0. The third-order valence-electron chi connectivity index (χ3n) is 7.26. The molecule has 31 heavy (non-hydrogen) atoms. The predicted octanol–water partition coefficient (Wildman–Crippen LogP) is 4.81. The lowest BCUT2D eigenvalue weighted by Crippen LogP contribution is -2.50. The highest BCUT2D eigenvalue weighted by Crippen LogP contribution is 2.40. The summed E-state index contributed by atoms with van der Waals surface area (Å²) >= 11 is 0. The van der Waals surface area contributed by atoms with Crippen LogP contribution in [0.4, 0.5) is 0 Å². The van der Waals surface area contributed by atoms with Crippen LogP contribution in [0.25, 0.3) is 0 Å². The maximum absolute atomic E-state index is 5.71. The summed E-state index contributed by atoms with van der Waals surface area (Å²) in [5, 5.41) is 7.32. The lowest BCUT2D eigenvalue weighted by Gasteiger charge is -2.39. The second kappa shape index (κ2) is 13.0. The Morgan fingerprint density at radius 2 is 1.74 bits per heavy atom. The van der Waals surface area contributed by atoms with E-state index >= 15 is 0 Å². The largest absolute Gasteiger partial charge is 0.382 e. The molecule has 1 aromatic rings. The second-order valence-electron chi connectivity index (χ2n) is 9.14. The summed E-state index contributed by atoms with van der Waals surface area (Å²) in [7, 11) is 1.88. The molecule has 5 nitrogen and oxygen atoms in total. The van der Waals surface area contributed by atoms with E-state index in [9.17, 15) is 0 Å². The van der Waals surface area contributed by atoms with Gasteiger partial charge in [0.25, 0.3) is 0 Å². The average Bonchev–Trinajstić information content (AvgIpc) is 3.24. The number of aryl methyl sites for hydroxylation is 1. The summed E-state index contributed by atoms with van der Waals surface area (Å²) in [5.41, 5.74) is 3.26. The molecule has 0 aromatic heterocycles. The standard InChI is InChI=1S/C25H41N3O2.HI/c1-4-29-16-13-24(11-7-8-12-24)19-27-23(26-3)28-20-25(14-17-30-18-15-25)22-10-6-5-9-21(22)2;/h5-6,9-10H,4,7-8,11-20H2,1-3H3,(H2,26,27,28);1H. The van der Waals surface area contributed by atoms with Gasteiger partial charge in [0.2, 0.25) is 0 Å². The fraction of sp³-hybridized carbons (Fsp3) is 0.720. The molecule has 0 amide bonds. The van der Waals surface area contributed by atoms with Gasteiger partial charge in [0.1, 0.15) is 0 Å². The van der Waals surface area contributed by atoms with Gasteiger partial charge in [-0.3, -0.25) is 4.99 Å². The van der Waals surface area contributed by atoms with Gasteiger partial charge in [-0.25, -0.2) is 0 Å². The van der Waals surface area contributed by atoms with Crippen molar-refractivity contribution in [2.75, 3.05) is 46.6 Å². The van der Waals surface area contributed by atoms with E-state index in [1.165, 1.54) is 36.8 Å². The molecule has 0 spiro atoms. The number of rotatable bonds is 9. The maximum atomic E-state index is 5.71. The van der Waals surface area contributed by atoms with E-state index in [-0.39, 0.29) is 29.4 Å². The Morgan fingerprint density at radius 1 is 1.06 bits per heavy atom. The van der Waals surface area contributed by atoms with Crippen molar-refractivity contribution in [3.8, 4) is 0 Å². The summed E-state index contributed by atoms with van der Waals surface area (Å²) < 4.78 is 11.4. The summed E-state index contributed by atoms with van der Waals surface area (Å²) in [6.07, 6.45) is 8.45. The number of aliphatic imine (C=N–C) groups is 1. The van der Waals surface area contributed by atoms with Gasteiger partial charge in [-0.15, -0.1) is 24.0 Å². The smallest absolute Gasteiger partial charge is 0.191 e. The number of hydrogen-bond donors (Lipinski definition) is 2. The van der Waals surface area contributed by atoms with Gasteiger partial charge in [0.15, 0.2) is 5.96 Å². The maximum Gasteiger partial charge on any atom is 0.191 e. The van der Waals surface area contributed by atoms with Crippen molar-refractivity contribution < 1.29 is 9.47 Å². The van der Waals surface area contributed by atoms with Gasteiger partial charge in [0.05, 0.1) is 0 Å². The van der Waals surface area contributed by atoms with Crippen LogP contribution >= 0.6 is 24.0 Å². The average molecular weight is 544 g/mol. The molecule has 0 radical (unpaired) electrons. The second-order valence-corrected chi connectivity index (χ2v) is 9.14. The van der Waals surface area contributed by atoms with Crippen LogP contribution in [0.15, 0.2) is 29.3 Å². The van der Waals surface area contributed by atoms with Gasteiger partial charge >= 0.3 is 0 Å². The number of ether oxygens (including phenoxy) is 2. The van der Waals surface area contributed by atoms with Crippen molar-refractivity contribution in [2.24, 2.45) is 10.4 Å². The molecule has 0 atom stereocenters. The molecule has 176 valence electrons. The zero-order valence-electron chi connectivity index (χ0n) is 19.7. The summed E-state index contributed by atoms with van der Waals surface area (Å²) in [6.45, 7) is 9.46. The number of hydrogen-bond acceptors (Lipinski definition) is 3. The SMILES string of the molecule is CCOCCC1(CNC(=NC)NCC2(c3ccccc3C)CCOCC2)CCCC1.I. The van der Waals surface area contributed by atoms with Crippen LogP contribution in [0.1, 0.15) is 63.0 Å². The minimum Gasteiger partial charge on any atom is -0.382 e. The molecule has 1 saturated carbocycles. The van der Waals surface area contributed by atoms with Gasteiger partial charge in [-0.1, -0.05) is 37.1 Å². The van der Waals surface area contributed by atoms with Gasteiger partial charge in [-0.2, -0.15) is 0 Å². The highest BCUT2D eigenvalue weighted by atomic mass is 127. The minimum absolute atomic E-state index is 0. The number of nitrogens with one attached hydrogen (secondary N) is 2. The lowest BCUT2D eigenvalue weighted by atomic mass is 9.72. The molecule has 2 aliphatic rings. The molecule has 6 heteroatoms. The minimum atomic E-state index is 0. The Bertz CT molecular complexity index is 683. The quantitative estimate of drug-likeness (QED) is 0.203. The highest BCUT2D eigenvalue weighted by molar-refractivity contribution is 14.0. The summed E-state index contributed by atoms with van der Waals surface area (Å²) in [4.78, 5) is 4.54. The van der Waals surface area contributed by atoms with Crippen molar-refractivity contribution in [3.05, 3.63) is 35.4 Å². The molecule has 1 aliphatic carbocycles. The molecule has 0 bridgehead atoms. The number of benzene rings is 1. The van der Waals surface area contributed by atoms with E-state index in [1.807, 2.05) is 7.05 Å². The van der Waals surface area contributed by atoms with E-state index in [1.54, 1.807) is 0 Å². The molecular weight excluding hydrogens is 501 g/mol. The normalized spacial score (nSPS) is 20.2. The Kier molecular flexibility index (Phi) is 11.1. The number of nitrogens with zero attached hydrogens (tertiary/aromatic N) is 1. The molecule has 1 aromatic carbocycles. The van der Waals surface area contributed by atoms with Crippen LogP contribution in [0.2, 0.25) is 0 Å². The van der Waals surface area contributed by atoms with Crippen molar-refractivity contribution in [3.63, 3.8) is 0 Å². The molecule has 3 rings (SSSR count). The molecule has 1 saturated heterocycles. The van der Waals surface area contributed by atoms with Crippen LogP contribution in [0, 0.1) is 12.3 Å². The van der Waals surface area contributed by atoms with E-state index in [0.29, 0.717) is 5.41 Å². The molecular formula is C25H42IN3O2. The lowest BCUT2D eigenvalue weighted by molar-refractivity contribution is 0.0511. The van der Waals surface area contributed by atoms with E-state index in [4.69, 9.17) is 9.47 Å². The van der Waals surface area contributed by atoms with E-state index < -0.39 is 0 Å². The number of guanidine groups is 1. The fourth-order valence-corrected chi connectivity index (χ4v) is 5.29. The third kappa shape index (κ3) is 7.06. The van der Waals surface area contributed by atoms with Crippen molar-refractivity contribution in [2.45, 2.75) is 64.2 Å². The van der Waals surface area contributed by atoms with E-state index in [0.717, 1.165) is 64.7 Å². The Morgan fingerprint density at radius 3 is 2.39 bits per heavy atom. The zero-order chi connectivity index (χ0) is 21.3. The fourth-order valence-electron chi connectivity index (χ4n) is 5.29. The number of halogens is 1. The summed E-state index contributed by atoms with van der Waals surface area (Å²) in [6, 6.07) is 8.81. The first-order chi connectivity index (χ1) is 14.6. The molecule has 1 heterocycles. The summed E-state index contributed by atoms with van der Waals surface area (Å²) in [5.74, 6) is 0.914. The molecule has 0 unspecified atom stereocenters. The van der Waals surface area contributed by atoms with Gasteiger partial charge < -0.3 is 20.1 Å². The van der Waals surface area contributed by atoms with Crippen molar-refractivity contribution in [1.29, 1.82) is 0 Å². The Labute approximate surface area is 206 Å². The first-order valence-corrected chi connectivity index (χ1v) is 11.8. The first kappa shape index (κ1) is 26.4. The van der Waals surface area contributed by atoms with Crippen LogP contribution < -0.4 is 10.6 Å². The van der Waals surface area contributed by atoms with Crippen LogP contribution in [0.5, 0.6) is 0 Å². The van der Waals surface area contributed by atoms with Gasteiger partial charge in [0, 0.05) is 52.0 Å². The van der Waals surface area contributed by atoms with Gasteiger partial charge in [-0.05, 0) is 62.5 Å². The van der Waals surface area contributed by atoms with E-state index in [2.05, 4.69) is 53.7 Å². The monoisotopic (exact) mass is 543 g/mol. The Balaban J connectivity index is 0.00000341. The van der Waals surface area contributed by atoms with Crippen LogP contribution in [-0.4, -0.2) is 52.5 Å². The molecule has 2 fully saturated rings.